The number of benzene rings is 1. The number of carbonyl (C=O) groups excluding carboxylic acids is 4. The van der Waals surface area contributed by atoms with Gasteiger partial charge in [0, 0.05) is 28.2 Å². The molecule has 0 fully saturated rings. The molecule has 0 heterocycles. The van der Waals surface area contributed by atoms with E-state index in [1.54, 1.807) is 28.2 Å². The Morgan fingerprint density at radius 3 is 1.08 bits per heavy atom. The summed E-state index contributed by atoms with van der Waals surface area (Å²) >= 11 is 0. The standard InChI is InChI=1S/C8H6O6.2C3H7NO.2Cd/c9-5-1-3(7(11)12)6(10)2-4(5)8(13)14;2*1-4(2)3-5;;/h1-2,9-10H,(H,11,12)(H,13,14);2*3H,1-2H3;;/q;;;2*+2/p-4. The fourth-order valence-electron chi connectivity index (χ4n) is 0.879. The van der Waals surface area contributed by atoms with Crippen LogP contribution in [-0.2, 0) is 64.2 Å². The summed E-state index contributed by atoms with van der Waals surface area (Å²) in [6.07, 6.45) is 1.50. The topological polar surface area (TPSA) is 167 Å². The van der Waals surface area contributed by atoms with E-state index in [4.69, 9.17) is 0 Å². The molecule has 0 unspecified atom stereocenters. The van der Waals surface area contributed by atoms with Crippen molar-refractivity contribution in [3.05, 3.63) is 23.3 Å². The van der Waals surface area contributed by atoms with Crippen molar-refractivity contribution >= 4 is 24.8 Å². The van der Waals surface area contributed by atoms with Crippen LogP contribution in [0.2, 0.25) is 0 Å². The molecule has 1 aromatic rings. The first kappa shape index (κ1) is 32.2. The molecule has 26 heavy (non-hydrogen) atoms. The van der Waals surface area contributed by atoms with Crippen LogP contribution in [0, 0.1) is 0 Å². The summed E-state index contributed by atoms with van der Waals surface area (Å²) < 4.78 is 0. The molecule has 12 heteroatoms. The quantitative estimate of drug-likeness (QED) is 0.263. The van der Waals surface area contributed by atoms with Crippen LogP contribution in [0.15, 0.2) is 12.1 Å². The van der Waals surface area contributed by atoms with Gasteiger partial charge in [-0.15, -0.1) is 0 Å². The smallest absolute Gasteiger partial charge is 0.872 e. The molecule has 0 aliphatic rings. The maximum Gasteiger partial charge on any atom is 2.00 e. The van der Waals surface area contributed by atoms with Gasteiger partial charge in [0.25, 0.3) is 0 Å². The van der Waals surface area contributed by atoms with Crippen molar-refractivity contribution < 1.29 is 94.2 Å². The van der Waals surface area contributed by atoms with E-state index in [-0.39, 0.29) is 54.6 Å². The molecule has 1 rings (SSSR count). The van der Waals surface area contributed by atoms with Gasteiger partial charge < -0.3 is 39.8 Å². The van der Waals surface area contributed by atoms with Crippen LogP contribution in [0.3, 0.4) is 0 Å². The number of aromatic carboxylic acids is 2. The summed E-state index contributed by atoms with van der Waals surface area (Å²) in [5, 5.41) is 42.3. The molecular weight excluding hydrogens is 549 g/mol. The third kappa shape index (κ3) is 14.9. The SMILES string of the molecule is CN(C)C=O.CN(C)C=O.O=C([O-])c1cc([O-])c(C(=O)[O-])cc1[O-].[Cd+2].[Cd+2]. The van der Waals surface area contributed by atoms with E-state index in [0.717, 1.165) is 12.8 Å². The minimum atomic E-state index is -1.82. The van der Waals surface area contributed by atoms with Crippen molar-refractivity contribution in [2.75, 3.05) is 28.2 Å². The van der Waals surface area contributed by atoms with Gasteiger partial charge in [-0.3, -0.25) is 9.59 Å². The Balaban J connectivity index is -0.000000170. The van der Waals surface area contributed by atoms with Gasteiger partial charge in [-0.2, -0.15) is 0 Å². The molecular formula is C14H16Cd2N2O8. The van der Waals surface area contributed by atoms with Gasteiger partial charge in [0.2, 0.25) is 12.8 Å². The number of rotatable bonds is 4. The number of carbonyl (C=O) groups is 4. The first-order chi connectivity index (χ1) is 11.0. The number of amides is 2. The normalized spacial score (nSPS) is 7.85. The van der Waals surface area contributed by atoms with Crippen LogP contribution in [0.4, 0.5) is 0 Å². The predicted molar refractivity (Wildman–Crippen MR) is 73.5 cm³/mol. The van der Waals surface area contributed by atoms with Crippen molar-refractivity contribution in [1.29, 1.82) is 0 Å². The number of carboxylic acids is 2. The first-order valence-electron chi connectivity index (χ1n) is 6.16. The summed E-state index contributed by atoms with van der Waals surface area (Å²) in [7, 11) is 6.75. The van der Waals surface area contributed by atoms with Gasteiger partial charge >= 0.3 is 54.6 Å². The molecule has 0 radical (unpaired) electrons. The van der Waals surface area contributed by atoms with Gasteiger partial charge in [-0.25, -0.2) is 0 Å². The van der Waals surface area contributed by atoms with E-state index >= 15 is 0 Å². The predicted octanol–water partition coefficient (Wildman–Crippen LogP) is -4.04. The molecule has 0 aliphatic carbocycles. The molecule has 0 saturated heterocycles. The minimum absolute atomic E-state index is 0. The van der Waals surface area contributed by atoms with Crippen molar-refractivity contribution in [2.24, 2.45) is 0 Å². The van der Waals surface area contributed by atoms with Gasteiger partial charge in [-0.05, 0) is 11.1 Å². The Hall–Kier alpha value is -1.46. The second-order valence-corrected chi connectivity index (χ2v) is 4.56. The largest absolute Gasteiger partial charge is 2.00 e. The monoisotopic (exact) mass is 568 g/mol. The van der Waals surface area contributed by atoms with E-state index < -0.39 is 34.6 Å². The van der Waals surface area contributed by atoms with Crippen molar-refractivity contribution in [2.45, 2.75) is 0 Å². The van der Waals surface area contributed by atoms with E-state index in [2.05, 4.69) is 0 Å². The molecule has 0 bridgehead atoms. The third-order valence-electron chi connectivity index (χ3n) is 1.94. The molecule has 0 N–H and O–H groups in total. The summed E-state index contributed by atoms with van der Waals surface area (Å²) in [6.45, 7) is 0. The van der Waals surface area contributed by atoms with Crippen molar-refractivity contribution in [3.8, 4) is 11.5 Å². The fourth-order valence-corrected chi connectivity index (χ4v) is 0.879. The Bertz CT molecular complexity index is 543. The Kier molecular flexibility index (Phi) is 21.1. The van der Waals surface area contributed by atoms with Crippen molar-refractivity contribution in [3.63, 3.8) is 0 Å². The molecule has 0 aliphatic heterocycles. The molecule has 0 saturated carbocycles. The molecule has 0 spiro atoms. The van der Waals surface area contributed by atoms with E-state index in [9.17, 15) is 39.6 Å². The van der Waals surface area contributed by atoms with Gasteiger partial charge in [-0.1, -0.05) is 23.6 Å². The average Bonchev–Trinajstić information content (AvgIpc) is 2.49. The van der Waals surface area contributed by atoms with Gasteiger partial charge in [0.15, 0.2) is 0 Å². The van der Waals surface area contributed by atoms with Crippen LogP contribution in [-0.4, -0.2) is 62.7 Å². The first-order valence-corrected chi connectivity index (χ1v) is 6.16. The second kappa shape index (κ2) is 17.0. The van der Waals surface area contributed by atoms with Crippen LogP contribution in [0.5, 0.6) is 11.5 Å². The van der Waals surface area contributed by atoms with Crippen LogP contribution in [0.25, 0.3) is 0 Å². The van der Waals surface area contributed by atoms with E-state index in [1.165, 1.54) is 9.80 Å². The molecule has 10 nitrogen and oxygen atoms in total. The minimum Gasteiger partial charge on any atom is -0.872 e. The molecule has 2 amide bonds. The number of hydrogen-bond acceptors (Lipinski definition) is 8. The molecule has 0 atom stereocenters. The Morgan fingerprint density at radius 2 is 0.962 bits per heavy atom. The Morgan fingerprint density at radius 1 is 0.769 bits per heavy atom. The number of carboxylic acid groups (broad SMARTS) is 2. The zero-order valence-corrected chi connectivity index (χ0v) is 23.0. The van der Waals surface area contributed by atoms with E-state index in [1.807, 2.05) is 0 Å². The summed E-state index contributed by atoms with van der Waals surface area (Å²) in [5.41, 5.74) is -1.72. The van der Waals surface area contributed by atoms with Crippen LogP contribution < -0.4 is 20.4 Å². The maximum absolute atomic E-state index is 10.9. The maximum atomic E-state index is 10.9. The summed E-state index contributed by atoms with van der Waals surface area (Å²) in [5.74, 6) is -5.83. The van der Waals surface area contributed by atoms with Crippen molar-refractivity contribution in [1.82, 2.24) is 9.80 Å². The summed E-state index contributed by atoms with van der Waals surface area (Å²) in [6, 6.07) is 0.811. The van der Waals surface area contributed by atoms with Crippen LogP contribution >= 0.6 is 0 Å². The number of hydrogen-bond donors (Lipinski definition) is 0. The summed E-state index contributed by atoms with van der Waals surface area (Å²) in [4.78, 5) is 42.2. The van der Waals surface area contributed by atoms with Crippen LogP contribution in [0.1, 0.15) is 20.7 Å². The molecule has 134 valence electrons. The second-order valence-electron chi connectivity index (χ2n) is 4.56. The molecule has 0 aromatic heterocycles. The fraction of sp³-hybridized carbons (Fsp3) is 0.286. The van der Waals surface area contributed by atoms with E-state index in [0.29, 0.717) is 12.1 Å². The van der Waals surface area contributed by atoms with Gasteiger partial charge in [0.05, 0.1) is 11.9 Å². The number of nitrogens with zero attached hydrogens (tertiary/aromatic N) is 2. The third-order valence-corrected chi connectivity index (χ3v) is 1.94. The average molecular weight is 565 g/mol. The molecule has 1 aromatic carbocycles. The van der Waals surface area contributed by atoms with Gasteiger partial charge in [0.1, 0.15) is 0 Å². The zero-order chi connectivity index (χ0) is 19.4. The Labute approximate surface area is 190 Å². The zero-order valence-electron chi connectivity index (χ0n) is 14.9.